The van der Waals surface area contributed by atoms with E-state index in [4.69, 9.17) is 4.74 Å². The quantitative estimate of drug-likeness (QED) is 0.295. The van der Waals surface area contributed by atoms with Gasteiger partial charge in [0.15, 0.2) is 0 Å². The summed E-state index contributed by atoms with van der Waals surface area (Å²) in [6.45, 7) is 0. The molecule has 23 heavy (non-hydrogen) atoms. The van der Waals surface area contributed by atoms with Crippen LogP contribution in [0.2, 0.25) is 0 Å². The minimum absolute atomic E-state index is 0.102. The first-order valence-corrected chi connectivity index (χ1v) is 7.25. The lowest BCUT2D eigenvalue weighted by molar-refractivity contribution is -0.384. The summed E-state index contributed by atoms with van der Waals surface area (Å²) < 4.78 is 5.34. The van der Waals surface area contributed by atoms with Gasteiger partial charge >= 0.3 is 0 Å². The molecule has 4 aromatic carbocycles. The second-order valence-electron chi connectivity index (χ2n) is 5.44. The Morgan fingerprint density at radius 1 is 0.783 bits per heavy atom. The van der Waals surface area contributed by atoms with Crippen molar-refractivity contribution in [2.24, 2.45) is 0 Å². The molecule has 0 spiro atoms. The fourth-order valence-corrected chi connectivity index (χ4v) is 3.16. The number of nitro benzene ring substituents is 1. The van der Waals surface area contributed by atoms with Crippen LogP contribution < -0.4 is 4.74 Å². The molecule has 0 atom stereocenters. The first kappa shape index (κ1) is 13.5. The molecule has 112 valence electrons. The van der Waals surface area contributed by atoms with Crippen molar-refractivity contribution < 1.29 is 9.66 Å². The molecule has 0 unspecified atom stereocenters. The molecule has 0 aromatic heterocycles. The maximum Gasteiger partial charge on any atom is 0.270 e. The van der Waals surface area contributed by atoms with E-state index in [0.29, 0.717) is 0 Å². The molecule has 0 aliphatic rings. The predicted molar refractivity (Wildman–Crippen MR) is 92.2 cm³/mol. The van der Waals surface area contributed by atoms with E-state index >= 15 is 0 Å². The van der Waals surface area contributed by atoms with Gasteiger partial charge in [-0.1, -0.05) is 30.3 Å². The summed E-state index contributed by atoms with van der Waals surface area (Å²) in [5.74, 6) is 0.771. The van der Waals surface area contributed by atoms with E-state index in [-0.39, 0.29) is 10.6 Å². The van der Waals surface area contributed by atoms with Crippen molar-refractivity contribution in [3.05, 3.63) is 70.8 Å². The van der Waals surface area contributed by atoms with Crippen LogP contribution in [-0.4, -0.2) is 12.0 Å². The lowest BCUT2D eigenvalue weighted by Gasteiger charge is -2.11. The molecule has 0 fully saturated rings. The third-order valence-corrected chi connectivity index (χ3v) is 4.24. The van der Waals surface area contributed by atoms with Crippen molar-refractivity contribution in [3.63, 3.8) is 0 Å². The van der Waals surface area contributed by atoms with E-state index < -0.39 is 0 Å². The molecule has 0 aliphatic heterocycles. The average Bonchev–Trinajstić information content (AvgIpc) is 2.61. The molecule has 0 saturated heterocycles. The number of benzene rings is 4. The van der Waals surface area contributed by atoms with Crippen LogP contribution in [0.25, 0.3) is 32.3 Å². The summed E-state index contributed by atoms with van der Waals surface area (Å²) in [6.07, 6.45) is 0. The zero-order valence-electron chi connectivity index (χ0n) is 12.4. The maximum absolute atomic E-state index is 11.1. The molecule has 0 bridgehead atoms. The molecule has 4 heteroatoms. The number of nitro groups is 1. The Bertz CT molecular complexity index is 1090. The third-order valence-electron chi connectivity index (χ3n) is 4.24. The number of nitrogens with zero attached hydrogens (tertiary/aromatic N) is 1. The van der Waals surface area contributed by atoms with Crippen molar-refractivity contribution in [3.8, 4) is 5.75 Å². The van der Waals surface area contributed by atoms with Crippen LogP contribution in [-0.2, 0) is 0 Å². The van der Waals surface area contributed by atoms with Gasteiger partial charge in [0.1, 0.15) is 5.75 Å². The fraction of sp³-hybridized carbons (Fsp3) is 0.0526. The Morgan fingerprint density at radius 3 is 2.04 bits per heavy atom. The summed E-state index contributed by atoms with van der Waals surface area (Å²) in [5, 5.41) is 17.3. The van der Waals surface area contributed by atoms with E-state index in [1.54, 1.807) is 19.2 Å². The summed E-state index contributed by atoms with van der Waals surface area (Å²) in [4.78, 5) is 10.8. The van der Waals surface area contributed by atoms with E-state index in [0.717, 1.165) is 38.1 Å². The molecule has 4 aromatic rings. The normalized spacial score (nSPS) is 11.2. The largest absolute Gasteiger partial charge is 0.497 e. The molecular weight excluding hydrogens is 290 g/mol. The summed E-state index contributed by atoms with van der Waals surface area (Å²) in [7, 11) is 1.63. The summed E-state index contributed by atoms with van der Waals surface area (Å²) in [6, 6.07) is 19.0. The van der Waals surface area contributed by atoms with Crippen LogP contribution in [0, 0.1) is 10.1 Å². The number of non-ortho nitro benzene ring substituents is 1. The predicted octanol–water partition coefficient (Wildman–Crippen LogP) is 5.06. The number of hydrogen-bond acceptors (Lipinski definition) is 3. The standard InChI is InChI=1S/C19H13NO3/c1-23-13-7-9-17-18-10-12(20(21)22)6-8-16(18)14-4-2-3-5-15(14)19(17)11-13/h2-11H,1H3. The minimum Gasteiger partial charge on any atom is -0.497 e. The van der Waals surface area contributed by atoms with Crippen LogP contribution in [0.3, 0.4) is 0 Å². The first-order chi connectivity index (χ1) is 11.2. The van der Waals surface area contributed by atoms with Gasteiger partial charge in [0.2, 0.25) is 0 Å². The van der Waals surface area contributed by atoms with Gasteiger partial charge in [-0.25, -0.2) is 0 Å². The van der Waals surface area contributed by atoms with E-state index in [9.17, 15) is 10.1 Å². The summed E-state index contributed by atoms with van der Waals surface area (Å²) >= 11 is 0. The lowest BCUT2D eigenvalue weighted by Crippen LogP contribution is -1.90. The molecule has 0 saturated carbocycles. The Kier molecular flexibility index (Phi) is 2.91. The van der Waals surface area contributed by atoms with Crippen LogP contribution in [0.1, 0.15) is 0 Å². The van der Waals surface area contributed by atoms with Crippen molar-refractivity contribution in [1.82, 2.24) is 0 Å². The number of fused-ring (bicyclic) bond motifs is 6. The number of hydrogen-bond donors (Lipinski definition) is 0. The topological polar surface area (TPSA) is 52.4 Å². The van der Waals surface area contributed by atoms with E-state index in [1.807, 2.05) is 42.5 Å². The van der Waals surface area contributed by atoms with Gasteiger partial charge in [0.05, 0.1) is 12.0 Å². The Morgan fingerprint density at radius 2 is 1.35 bits per heavy atom. The van der Waals surface area contributed by atoms with Gasteiger partial charge in [-0.15, -0.1) is 0 Å². The van der Waals surface area contributed by atoms with Crippen LogP contribution in [0.15, 0.2) is 60.7 Å². The maximum atomic E-state index is 11.1. The Labute approximate surface area is 132 Å². The highest BCUT2D eigenvalue weighted by Gasteiger charge is 2.13. The molecule has 0 aliphatic carbocycles. The molecule has 0 heterocycles. The van der Waals surface area contributed by atoms with E-state index in [2.05, 4.69) is 6.07 Å². The third kappa shape index (κ3) is 1.99. The van der Waals surface area contributed by atoms with Gasteiger partial charge in [0, 0.05) is 12.1 Å². The van der Waals surface area contributed by atoms with E-state index in [1.165, 1.54) is 0 Å². The second-order valence-corrected chi connectivity index (χ2v) is 5.44. The Hall–Kier alpha value is -3.14. The van der Waals surface area contributed by atoms with Crippen LogP contribution in [0.4, 0.5) is 5.69 Å². The van der Waals surface area contributed by atoms with Crippen LogP contribution >= 0.6 is 0 Å². The SMILES string of the molecule is COc1ccc2c(c1)c1ccccc1c1ccc([N+](=O)[O-])cc12. The highest BCUT2D eigenvalue weighted by Crippen LogP contribution is 2.37. The van der Waals surface area contributed by atoms with Crippen molar-refractivity contribution in [2.45, 2.75) is 0 Å². The molecule has 4 nitrogen and oxygen atoms in total. The number of methoxy groups -OCH3 is 1. The van der Waals surface area contributed by atoms with Crippen molar-refractivity contribution >= 4 is 38.0 Å². The van der Waals surface area contributed by atoms with Crippen LogP contribution in [0.5, 0.6) is 5.75 Å². The smallest absolute Gasteiger partial charge is 0.270 e. The van der Waals surface area contributed by atoms with Gasteiger partial charge in [0.25, 0.3) is 5.69 Å². The number of rotatable bonds is 2. The first-order valence-electron chi connectivity index (χ1n) is 7.25. The molecule has 4 rings (SSSR count). The second kappa shape index (κ2) is 4.95. The molecular formula is C19H13NO3. The number of ether oxygens (including phenoxy) is 1. The van der Waals surface area contributed by atoms with Crippen molar-refractivity contribution in [2.75, 3.05) is 7.11 Å². The monoisotopic (exact) mass is 303 g/mol. The van der Waals surface area contributed by atoms with Crippen molar-refractivity contribution in [1.29, 1.82) is 0 Å². The average molecular weight is 303 g/mol. The highest BCUT2D eigenvalue weighted by atomic mass is 16.6. The minimum atomic E-state index is -0.357. The van der Waals surface area contributed by atoms with Gasteiger partial charge in [-0.2, -0.15) is 0 Å². The zero-order chi connectivity index (χ0) is 16.0. The van der Waals surface area contributed by atoms with Gasteiger partial charge < -0.3 is 4.74 Å². The van der Waals surface area contributed by atoms with Gasteiger partial charge in [-0.3, -0.25) is 10.1 Å². The zero-order valence-corrected chi connectivity index (χ0v) is 12.4. The molecule has 0 N–H and O–H groups in total. The summed E-state index contributed by atoms with van der Waals surface area (Å²) in [5.41, 5.74) is 0.102. The lowest BCUT2D eigenvalue weighted by atomic mass is 9.94. The molecule has 0 amide bonds. The fourth-order valence-electron chi connectivity index (χ4n) is 3.16. The van der Waals surface area contributed by atoms with Gasteiger partial charge in [-0.05, 0) is 50.5 Å². The highest BCUT2D eigenvalue weighted by molar-refractivity contribution is 6.25. The molecule has 0 radical (unpaired) electrons. The Balaban J connectivity index is 2.27.